The van der Waals surface area contributed by atoms with Gasteiger partial charge in [-0.25, -0.2) is 9.50 Å². The molecule has 36 heavy (non-hydrogen) atoms. The summed E-state index contributed by atoms with van der Waals surface area (Å²) in [5.74, 6) is 0.548. The minimum absolute atomic E-state index is 0.159. The van der Waals surface area contributed by atoms with Crippen molar-refractivity contribution in [1.29, 1.82) is 0 Å². The van der Waals surface area contributed by atoms with Crippen LogP contribution in [-0.4, -0.2) is 58.2 Å². The van der Waals surface area contributed by atoms with Crippen molar-refractivity contribution in [3.05, 3.63) is 72.4 Å². The molecule has 3 heterocycles. The fourth-order valence-corrected chi connectivity index (χ4v) is 4.94. The molecule has 1 atom stereocenters. The summed E-state index contributed by atoms with van der Waals surface area (Å²) in [5.41, 5.74) is 4.32. The minimum atomic E-state index is -0.159. The largest absolute Gasteiger partial charge is 0.496 e. The predicted molar refractivity (Wildman–Crippen MR) is 142 cm³/mol. The Labute approximate surface area is 212 Å². The van der Waals surface area contributed by atoms with E-state index in [4.69, 9.17) is 14.8 Å². The molecule has 1 N–H and O–H groups in total. The minimum Gasteiger partial charge on any atom is -0.496 e. The average molecular weight is 484 g/mol. The van der Waals surface area contributed by atoms with E-state index in [9.17, 15) is 4.79 Å². The molecular formula is C29H33N5O2. The van der Waals surface area contributed by atoms with Crippen molar-refractivity contribution in [3.63, 3.8) is 0 Å². The third-order valence-corrected chi connectivity index (χ3v) is 6.96. The maximum Gasteiger partial charge on any atom is 0.270 e. The number of ether oxygens (including phenoxy) is 1. The number of methoxy groups -OCH3 is 1. The van der Waals surface area contributed by atoms with Crippen LogP contribution < -0.4 is 10.1 Å². The number of hydrogen-bond donors (Lipinski definition) is 1. The van der Waals surface area contributed by atoms with Crippen LogP contribution in [0.2, 0.25) is 0 Å². The number of rotatable bonds is 8. The van der Waals surface area contributed by atoms with Gasteiger partial charge in [0.2, 0.25) is 0 Å². The van der Waals surface area contributed by atoms with Gasteiger partial charge in [-0.15, -0.1) is 0 Å². The Balaban J connectivity index is 1.43. The van der Waals surface area contributed by atoms with Gasteiger partial charge in [-0.05, 0) is 50.9 Å². The van der Waals surface area contributed by atoms with Gasteiger partial charge in [0.1, 0.15) is 11.4 Å². The Morgan fingerprint density at radius 3 is 2.67 bits per heavy atom. The Bertz CT molecular complexity index is 1330. The van der Waals surface area contributed by atoms with Gasteiger partial charge < -0.3 is 15.0 Å². The molecule has 7 nitrogen and oxygen atoms in total. The van der Waals surface area contributed by atoms with Crippen molar-refractivity contribution in [2.45, 2.75) is 38.6 Å². The maximum atomic E-state index is 13.4. The first-order valence-electron chi connectivity index (χ1n) is 12.8. The SMILES string of the molecule is COc1ccccc1-c1cc(C(=O)NCCCN2CCCC[C@@H]2C)n2nc(-c3ccccc3)cc2n1. The van der Waals surface area contributed by atoms with Crippen LogP contribution in [0.25, 0.3) is 28.2 Å². The van der Waals surface area contributed by atoms with E-state index in [1.54, 1.807) is 17.7 Å². The molecule has 7 heteroatoms. The molecule has 1 aliphatic heterocycles. The zero-order valence-electron chi connectivity index (χ0n) is 21.0. The Morgan fingerprint density at radius 2 is 1.86 bits per heavy atom. The molecule has 0 saturated carbocycles. The molecule has 1 amide bonds. The normalized spacial score (nSPS) is 16.2. The average Bonchev–Trinajstić information content (AvgIpc) is 3.36. The summed E-state index contributed by atoms with van der Waals surface area (Å²) >= 11 is 0. The third-order valence-electron chi connectivity index (χ3n) is 6.96. The van der Waals surface area contributed by atoms with E-state index in [1.807, 2.05) is 60.7 Å². The van der Waals surface area contributed by atoms with Gasteiger partial charge in [0, 0.05) is 36.3 Å². The standard InChI is InChI=1S/C29H33N5O2/c1-21-11-8-9-17-33(21)18-10-16-30-29(35)26-19-25(23-14-6-7-15-27(23)36-2)31-28-20-24(32-34(26)28)22-12-4-3-5-13-22/h3-7,12-15,19-21H,8-11,16-18H2,1-2H3,(H,30,35)/t21-/m0/s1. The van der Waals surface area contributed by atoms with Crippen LogP contribution in [0.4, 0.5) is 0 Å². The highest BCUT2D eigenvalue weighted by Gasteiger charge is 2.20. The van der Waals surface area contributed by atoms with Crippen LogP contribution in [0.3, 0.4) is 0 Å². The number of aromatic nitrogens is 3. The smallest absolute Gasteiger partial charge is 0.270 e. The number of benzene rings is 2. The summed E-state index contributed by atoms with van der Waals surface area (Å²) in [4.78, 5) is 20.8. The molecule has 0 radical (unpaired) electrons. The molecule has 0 spiro atoms. The third kappa shape index (κ3) is 5.11. The fourth-order valence-electron chi connectivity index (χ4n) is 4.94. The zero-order valence-corrected chi connectivity index (χ0v) is 21.0. The molecule has 1 fully saturated rings. The van der Waals surface area contributed by atoms with Gasteiger partial charge in [-0.1, -0.05) is 48.9 Å². The highest BCUT2D eigenvalue weighted by molar-refractivity contribution is 5.94. The Morgan fingerprint density at radius 1 is 1.06 bits per heavy atom. The van der Waals surface area contributed by atoms with E-state index in [1.165, 1.54) is 19.3 Å². The number of hydrogen-bond acceptors (Lipinski definition) is 5. The number of nitrogens with zero attached hydrogens (tertiary/aromatic N) is 4. The van der Waals surface area contributed by atoms with E-state index in [0.717, 1.165) is 36.3 Å². The molecular weight excluding hydrogens is 450 g/mol. The van der Waals surface area contributed by atoms with Crippen molar-refractivity contribution in [2.24, 2.45) is 0 Å². The molecule has 2 aromatic heterocycles. The molecule has 0 bridgehead atoms. The topological polar surface area (TPSA) is 71.8 Å². The molecule has 5 rings (SSSR count). The van der Waals surface area contributed by atoms with Gasteiger partial charge >= 0.3 is 0 Å². The Kier molecular flexibility index (Phi) is 7.28. The lowest BCUT2D eigenvalue weighted by molar-refractivity contribution is 0.0941. The van der Waals surface area contributed by atoms with Gasteiger partial charge in [0.05, 0.1) is 18.5 Å². The first-order chi connectivity index (χ1) is 17.6. The van der Waals surface area contributed by atoms with Crippen LogP contribution in [-0.2, 0) is 0 Å². The van der Waals surface area contributed by atoms with Crippen molar-refractivity contribution >= 4 is 11.6 Å². The molecule has 0 aliphatic carbocycles. The van der Waals surface area contributed by atoms with Crippen molar-refractivity contribution in [2.75, 3.05) is 26.7 Å². The van der Waals surface area contributed by atoms with E-state index in [2.05, 4.69) is 17.1 Å². The summed E-state index contributed by atoms with van der Waals surface area (Å²) in [7, 11) is 1.64. The second kappa shape index (κ2) is 10.9. The molecule has 2 aromatic carbocycles. The number of amides is 1. The zero-order chi connectivity index (χ0) is 24.9. The van der Waals surface area contributed by atoms with Crippen molar-refractivity contribution in [3.8, 4) is 28.3 Å². The first kappa shape index (κ1) is 24.0. The Hall–Kier alpha value is -3.71. The van der Waals surface area contributed by atoms with Crippen LogP contribution in [0, 0.1) is 0 Å². The van der Waals surface area contributed by atoms with Crippen molar-refractivity contribution < 1.29 is 9.53 Å². The number of para-hydroxylation sites is 1. The summed E-state index contributed by atoms with van der Waals surface area (Å²) < 4.78 is 7.21. The summed E-state index contributed by atoms with van der Waals surface area (Å²) in [6.07, 6.45) is 4.75. The number of piperidine rings is 1. The summed E-state index contributed by atoms with van der Waals surface area (Å²) in [6, 6.07) is 22.0. The van der Waals surface area contributed by atoms with E-state index in [-0.39, 0.29) is 5.91 Å². The van der Waals surface area contributed by atoms with Crippen LogP contribution in [0.5, 0.6) is 5.75 Å². The van der Waals surface area contributed by atoms with Gasteiger partial charge in [0.25, 0.3) is 5.91 Å². The maximum absolute atomic E-state index is 13.4. The van der Waals surface area contributed by atoms with Gasteiger partial charge in [-0.3, -0.25) is 4.79 Å². The fraction of sp³-hybridized carbons (Fsp3) is 0.345. The van der Waals surface area contributed by atoms with Crippen molar-refractivity contribution in [1.82, 2.24) is 24.8 Å². The lowest BCUT2D eigenvalue weighted by Gasteiger charge is -2.33. The van der Waals surface area contributed by atoms with Crippen LogP contribution in [0.15, 0.2) is 66.7 Å². The molecule has 1 saturated heterocycles. The lowest BCUT2D eigenvalue weighted by atomic mass is 10.0. The summed E-state index contributed by atoms with van der Waals surface area (Å²) in [6.45, 7) is 5.06. The predicted octanol–water partition coefficient (Wildman–Crippen LogP) is 5.07. The highest BCUT2D eigenvalue weighted by atomic mass is 16.5. The number of likely N-dealkylation sites (tertiary alicyclic amines) is 1. The van der Waals surface area contributed by atoms with E-state index >= 15 is 0 Å². The van der Waals surface area contributed by atoms with Crippen LogP contribution in [0.1, 0.15) is 43.1 Å². The number of carbonyl (C=O) groups is 1. The van der Waals surface area contributed by atoms with E-state index < -0.39 is 0 Å². The number of fused-ring (bicyclic) bond motifs is 1. The van der Waals surface area contributed by atoms with Crippen LogP contribution >= 0.6 is 0 Å². The monoisotopic (exact) mass is 483 g/mol. The second-order valence-electron chi connectivity index (χ2n) is 9.38. The molecule has 0 unspecified atom stereocenters. The van der Waals surface area contributed by atoms with Gasteiger partial charge in [-0.2, -0.15) is 5.10 Å². The second-order valence-corrected chi connectivity index (χ2v) is 9.38. The summed E-state index contributed by atoms with van der Waals surface area (Å²) in [5, 5.41) is 7.86. The quantitative estimate of drug-likeness (QED) is 0.355. The number of nitrogens with one attached hydrogen (secondary N) is 1. The van der Waals surface area contributed by atoms with Gasteiger partial charge in [0.15, 0.2) is 5.65 Å². The molecule has 4 aromatic rings. The molecule has 1 aliphatic rings. The molecule has 186 valence electrons. The highest BCUT2D eigenvalue weighted by Crippen LogP contribution is 2.30. The van der Waals surface area contributed by atoms with E-state index in [0.29, 0.717) is 35.4 Å². The number of carbonyl (C=O) groups excluding carboxylic acids is 1. The first-order valence-corrected chi connectivity index (χ1v) is 12.8. The lowest BCUT2D eigenvalue weighted by Crippen LogP contribution is -2.39.